The van der Waals surface area contributed by atoms with Crippen LogP contribution in [0.1, 0.15) is 12.8 Å². The van der Waals surface area contributed by atoms with Gasteiger partial charge in [0.15, 0.2) is 0 Å². The molecule has 0 radical (unpaired) electrons. The van der Waals surface area contributed by atoms with Crippen molar-refractivity contribution in [3.05, 3.63) is 12.7 Å². The van der Waals surface area contributed by atoms with E-state index in [1.165, 1.54) is 4.90 Å². The van der Waals surface area contributed by atoms with E-state index in [0.717, 1.165) is 11.5 Å². The lowest BCUT2D eigenvalue weighted by Crippen LogP contribution is -2.38. The molecule has 0 bridgehead atoms. The molecule has 2 amide bonds. The van der Waals surface area contributed by atoms with E-state index in [4.69, 9.17) is 5.11 Å². The summed E-state index contributed by atoms with van der Waals surface area (Å²) < 4.78 is 0. The molecule has 0 atom stereocenters. The maximum Gasteiger partial charge on any atom is 0.317 e. The molecular formula is C11H20N2O3S. The molecule has 0 aromatic rings. The van der Waals surface area contributed by atoms with Gasteiger partial charge in [-0.05, 0) is 6.42 Å². The predicted molar refractivity (Wildman–Crippen MR) is 70.4 cm³/mol. The van der Waals surface area contributed by atoms with Gasteiger partial charge in [0.05, 0.1) is 0 Å². The van der Waals surface area contributed by atoms with E-state index in [1.54, 1.807) is 18.8 Å². The molecule has 17 heavy (non-hydrogen) atoms. The molecule has 0 rings (SSSR count). The van der Waals surface area contributed by atoms with Crippen molar-refractivity contribution in [2.75, 3.05) is 31.6 Å². The minimum Gasteiger partial charge on any atom is -0.481 e. The topological polar surface area (TPSA) is 69.6 Å². The second-order valence-corrected chi connectivity index (χ2v) is 4.66. The number of urea groups is 1. The summed E-state index contributed by atoms with van der Waals surface area (Å²) in [6, 6.07) is -0.158. The summed E-state index contributed by atoms with van der Waals surface area (Å²) in [4.78, 5) is 23.3. The Balaban J connectivity index is 3.53. The van der Waals surface area contributed by atoms with Crippen LogP contribution in [0.4, 0.5) is 4.79 Å². The summed E-state index contributed by atoms with van der Waals surface area (Å²) in [5.41, 5.74) is 0. The van der Waals surface area contributed by atoms with Crippen LogP contribution in [0.5, 0.6) is 0 Å². The van der Waals surface area contributed by atoms with Gasteiger partial charge in [-0.25, -0.2) is 4.79 Å². The van der Waals surface area contributed by atoms with E-state index in [2.05, 4.69) is 11.9 Å². The van der Waals surface area contributed by atoms with Crippen LogP contribution in [0.15, 0.2) is 12.7 Å². The fourth-order valence-corrected chi connectivity index (χ4v) is 1.68. The van der Waals surface area contributed by atoms with Gasteiger partial charge < -0.3 is 15.3 Å². The zero-order chi connectivity index (χ0) is 13.1. The molecule has 0 aromatic heterocycles. The third kappa shape index (κ3) is 9.74. The lowest BCUT2D eigenvalue weighted by atomic mass is 10.3. The van der Waals surface area contributed by atoms with E-state index in [9.17, 15) is 9.59 Å². The zero-order valence-corrected chi connectivity index (χ0v) is 11.0. The van der Waals surface area contributed by atoms with Gasteiger partial charge in [0.25, 0.3) is 0 Å². The maximum atomic E-state index is 11.5. The largest absolute Gasteiger partial charge is 0.481 e. The standard InChI is InChI=1S/C11H20N2O3S/c1-3-8-17-9-6-12-11(16)13(2)7-4-5-10(14)15/h3H,1,4-9H2,2H3,(H,12,16)(H,14,15). The maximum absolute atomic E-state index is 11.5. The summed E-state index contributed by atoms with van der Waals surface area (Å²) in [7, 11) is 1.66. The third-order valence-corrected chi connectivity index (χ3v) is 2.95. The molecule has 6 heteroatoms. The first-order valence-corrected chi connectivity index (χ1v) is 6.62. The molecule has 5 nitrogen and oxygen atoms in total. The van der Waals surface area contributed by atoms with Crippen LogP contribution in [0, 0.1) is 0 Å². The Morgan fingerprint density at radius 3 is 2.82 bits per heavy atom. The SMILES string of the molecule is C=CCSCCNC(=O)N(C)CCCC(=O)O. The van der Waals surface area contributed by atoms with Crippen LogP contribution in [-0.4, -0.2) is 53.6 Å². The van der Waals surface area contributed by atoms with Gasteiger partial charge in [0.1, 0.15) is 0 Å². The number of aliphatic carboxylic acids is 1. The number of carboxylic acid groups (broad SMARTS) is 1. The number of carbonyl (C=O) groups is 2. The molecule has 0 unspecified atom stereocenters. The van der Waals surface area contributed by atoms with Crippen LogP contribution >= 0.6 is 11.8 Å². The molecule has 2 N–H and O–H groups in total. The van der Waals surface area contributed by atoms with Crippen LogP contribution in [-0.2, 0) is 4.79 Å². The molecule has 0 aromatic carbocycles. The van der Waals surface area contributed by atoms with Crippen LogP contribution < -0.4 is 5.32 Å². The Labute approximate surface area is 106 Å². The molecule has 0 saturated carbocycles. The highest BCUT2D eigenvalue weighted by Crippen LogP contribution is 1.98. The highest BCUT2D eigenvalue weighted by Gasteiger charge is 2.07. The Hall–Kier alpha value is -1.17. The van der Waals surface area contributed by atoms with E-state index < -0.39 is 5.97 Å². The number of thioether (sulfide) groups is 1. The number of amides is 2. The highest BCUT2D eigenvalue weighted by molar-refractivity contribution is 7.99. The van der Waals surface area contributed by atoms with Gasteiger partial charge in [0, 0.05) is 38.1 Å². The van der Waals surface area contributed by atoms with Gasteiger partial charge in [-0.15, -0.1) is 6.58 Å². The molecule has 0 heterocycles. The van der Waals surface area contributed by atoms with Crippen molar-refractivity contribution >= 4 is 23.8 Å². The molecule has 0 aliphatic carbocycles. The molecule has 0 aliphatic heterocycles. The number of carboxylic acids is 1. The lowest BCUT2D eigenvalue weighted by Gasteiger charge is -2.17. The summed E-state index contributed by atoms with van der Waals surface area (Å²) in [6.07, 6.45) is 2.39. The first-order chi connectivity index (χ1) is 8.07. The minimum absolute atomic E-state index is 0.0901. The van der Waals surface area contributed by atoms with Crippen molar-refractivity contribution < 1.29 is 14.7 Å². The first kappa shape index (κ1) is 15.8. The number of hydrogen-bond donors (Lipinski definition) is 2. The van der Waals surface area contributed by atoms with Crippen LogP contribution in [0.3, 0.4) is 0 Å². The average molecular weight is 260 g/mol. The number of nitrogens with one attached hydrogen (secondary N) is 1. The Morgan fingerprint density at radius 1 is 1.53 bits per heavy atom. The molecule has 0 fully saturated rings. The van der Waals surface area contributed by atoms with Gasteiger partial charge >= 0.3 is 12.0 Å². The smallest absolute Gasteiger partial charge is 0.317 e. The Kier molecular flexibility index (Phi) is 9.33. The van der Waals surface area contributed by atoms with Gasteiger partial charge in [-0.2, -0.15) is 11.8 Å². The summed E-state index contributed by atoms with van der Waals surface area (Å²) in [5, 5.41) is 11.2. The zero-order valence-electron chi connectivity index (χ0n) is 10.1. The first-order valence-electron chi connectivity index (χ1n) is 5.47. The van der Waals surface area contributed by atoms with E-state index in [-0.39, 0.29) is 12.5 Å². The second kappa shape index (κ2) is 10.0. The molecular weight excluding hydrogens is 240 g/mol. The number of nitrogens with zero attached hydrogens (tertiary/aromatic N) is 1. The number of hydrogen-bond acceptors (Lipinski definition) is 3. The van der Waals surface area contributed by atoms with E-state index >= 15 is 0 Å². The number of carbonyl (C=O) groups excluding carboxylic acids is 1. The monoisotopic (exact) mass is 260 g/mol. The van der Waals surface area contributed by atoms with Crippen LogP contribution in [0.2, 0.25) is 0 Å². The highest BCUT2D eigenvalue weighted by atomic mass is 32.2. The van der Waals surface area contributed by atoms with E-state index in [1.807, 2.05) is 6.08 Å². The fraction of sp³-hybridized carbons (Fsp3) is 0.636. The van der Waals surface area contributed by atoms with Crippen molar-refractivity contribution in [2.24, 2.45) is 0 Å². The molecule has 0 spiro atoms. The number of rotatable bonds is 9. The van der Waals surface area contributed by atoms with Gasteiger partial charge in [0.2, 0.25) is 0 Å². The molecule has 0 saturated heterocycles. The van der Waals surface area contributed by atoms with Gasteiger partial charge in [-0.3, -0.25) is 4.79 Å². The minimum atomic E-state index is -0.834. The fourth-order valence-electron chi connectivity index (χ4n) is 1.10. The molecule has 0 aliphatic rings. The van der Waals surface area contributed by atoms with E-state index in [0.29, 0.717) is 19.5 Å². The lowest BCUT2D eigenvalue weighted by molar-refractivity contribution is -0.137. The Bertz CT molecular complexity index is 259. The predicted octanol–water partition coefficient (Wildman–Crippen LogP) is 1.41. The summed E-state index contributed by atoms with van der Waals surface area (Å²) >= 11 is 1.70. The van der Waals surface area contributed by atoms with Crippen molar-refractivity contribution in [3.8, 4) is 0 Å². The Morgan fingerprint density at radius 2 is 2.24 bits per heavy atom. The average Bonchev–Trinajstić information content (AvgIpc) is 2.27. The van der Waals surface area contributed by atoms with Gasteiger partial charge in [-0.1, -0.05) is 6.08 Å². The summed E-state index contributed by atoms with van der Waals surface area (Å²) in [6.45, 7) is 4.67. The van der Waals surface area contributed by atoms with Crippen molar-refractivity contribution in [1.29, 1.82) is 0 Å². The van der Waals surface area contributed by atoms with Crippen molar-refractivity contribution in [2.45, 2.75) is 12.8 Å². The van der Waals surface area contributed by atoms with Crippen LogP contribution in [0.25, 0.3) is 0 Å². The normalized spacial score (nSPS) is 9.71. The second-order valence-electron chi connectivity index (χ2n) is 3.51. The van der Waals surface area contributed by atoms with Crippen molar-refractivity contribution in [1.82, 2.24) is 10.2 Å². The summed E-state index contributed by atoms with van der Waals surface area (Å²) in [5.74, 6) is 0.894. The quantitative estimate of drug-likeness (QED) is 0.486. The van der Waals surface area contributed by atoms with Crippen molar-refractivity contribution in [3.63, 3.8) is 0 Å². The third-order valence-electron chi connectivity index (χ3n) is 1.99. The molecule has 98 valence electrons.